The van der Waals surface area contributed by atoms with Gasteiger partial charge in [0.2, 0.25) is 5.91 Å². The molecule has 192 valence electrons. The number of nitrogens with two attached hydrogens (primary N) is 1. The molecular weight excluding hydrogens is 414 g/mol. The van der Waals surface area contributed by atoms with Gasteiger partial charge in [-0.25, -0.2) is 4.79 Å². The van der Waals surface area contributed by atoms with Gasteiger partial charge in [0, 0.05) is 18.4 Å². The molecule has 3 N–H and O–H groups in total. The number of carbonyl (C=O) groups excluding carboxylic acids is 2. The molecular formula is C28H51NO4. The van der Waals surface area contributed by atoms with Crippen LogP contribution >= 0.6 is 0 Å². The summed E-state index contributed by atoms with van der Waals surface area (Å²) in [5, 5.41) is 9.85. The van der Waals surface area contributed by atoms with Crippen molar-refractivity contribution >= 4 is 11.9 Å². The topological polar surface area (TPSA) is 89.6 Å². The minimum atomic E-state index is -0.764. The number of primary amides is 1. The van der Waals surface area contributed by atoms with Crippen LogP contribution in [0, 0.1) is 0 Å². The molecule has 0 spiro atoms. The van der Waals surface area contributed by atoms with Crippen molar-refractivity contribution < 1.29 is 19.4 Å². The summed E-state index contributed by atoms with van der Waals surface area (Å²) in [4.78, 5) is 23.3. The number of carbonyl (C=O) groups is 2. The van der Waals surface area contributed by atoms with Gasteiger partial charge in [0.25, 0.3) is 0 Å². The van der Waals surface area contributed by atoms with Crippen molar-refractivity contribution in [2.75, 3.05) is 6.61 Å². The number of unbranched alkanes of at least 4 members (excludes halogenated alkanes) is 15. The molecule has 5 heteroatoms. The number of ether oxygens (including phenoxy) is 1. The number of hydrogen-bond acceptors (Lipinski definition) is 4. The Labute approximate surface area is 202 Å². The van der Waals surface area contributed by atoms with Crippen LogP contribution in [0.25, 0.3) is 0 Å². The predicted molar refractivity (Wildman–Crippen MR) is 136 cm³/mol. The van der Waals surface area contributed by atoms with Crippen LogP contribution in [0.5, 0.6) is 0 Å². The van der Waals surface area contributed by atoms with Crippen molar-refractivity contribution in [3.8, 4) is 0 Å². The maximum Gasteiger partial charge on any atom is 0.334 e. The average Bonchev–Trinajstić information content (AvgIpc) is 2.80. The SMILES string of the molecule is CCCCCCCCCCCCCCCC1=CCC(CO)(CCCCCCC(N)=O)OC1=O. The second-order valence-corrected chi connectivity index (χ2v) is 10.0. The van der Waals surface area contributed by atoms with Crippen LogP contribution in [-0.4, -0.2) is 29.2 Å². The fourth-order valence-corrected chi connectivity index (χ4v) is 4.66. The van der Waals surface area contributed by atoms with Crippen molar-refractivity contribution in [1.29, 1.82) is 0 Å². The second kappa shape index (κ2) is 19.0. The van der Waals surface area contributed by atoms with E-state index < -0.39 is 5.60 Å². The Kier molecular flexibility index (Phi) is 17.1. The van der Waals surface area contributed by atoms with Gasteiger partial charge in [-0.2, -0.15) is 0 Å². The quantitative estimate of drug-likeness (QED) is 0.134. The number of aliphatic hydroxyl groups excluding tert-OH is 1. The van der Waals surface area contributed by atoms with Crippen molar-refractivity contribution in [2.45, 2.75) is 147 Å². The lowest BCUT2D eigenvalue weighted by Gasteiger charge is -2.34. The fourth-order valence-electron chi connectivity index (χ4n) is 4.66. The molecule has 0 bridgehead atoms. The summed E-state index contributed by atoms with van der Waals surface area (Å²) in [6.45, 7) is 2.13. The highest BCUT2D eigenvalue weighted by atomic mass is 16.6. The standard InChI is InChI=1S/C28H51NO4/c1-2-3-4-5-6-7-8-9-10-11-12-13-16-19-25-21-23-28(24-30,33-27(25)32)22-18-15-14-17-20-26(29)31/h21,30H,2-20,22-24H2,1H3,(H2,29,31). The Balaban J connectivity index is 2.09. The molecule has 0 saturated heterocycles. The first-order valence-electron chi connectivity index (χ1n) is 13.8. The third-order valence-corrected chi connectivity index (χ3v) is 6.94. The molecule has 33 heavy (non-hydrogen) atoms. The van der Waals surface area contributed by atoms with Crippen LogP contribution in [0.1, 0.15) is 142 Å². The van der Waals surface area contributed by atoms with E-state index in [0.717, 1.165) is 50.5 Å². The summed E-state index contributed by atoms with van der Waals surface area (Å²) < 4.78 is 5.71. The van der Waals surface area contributed by atoms with Crippen molar-refractivity contribution in [3.63, 3.8) is 0 Å². The maximum absolute atomic E-state index is 12.5. The third-order valence-electron chi connectivity index (χ3n) is 6.94. The van der Waals surface area contributed by atoms with E-state index in [9.17, 15) is 14.7 Å². The Bertz CT molecular complexity index is 560. The highest BCUT2D eigenvalue weighted by Gasteiger charge is 2.36. The molecule has 1 amide bonds. The van der Waals surface area contributed by atoms with Gasteiger partial charge >= 0.3 is 5.97 Å². The van der Waals surface area contributed by atoms with E-state index >= 15 is 0 Å². The van der Waals surface area contributed by atoms with E-state index in [-0.39, 0.29) is 18.5 Å². The lowest BCUT2D eigenvalue weighted by molar-refractivity contribution is -0.163. The highest BCUT2D eigenvalue weighted by molar-refractivity contribution is 5.89. The Morgan fingerprint density at radius 3 is 1.91 bits per heavy atom. The van der Waals surface area contributed by atoms with E-state index in [1.165, 1.54) is 70.6 Å². The zero-order valence-corrected chi connectivity index (χ0v) is 21.4. The van der Waals surface area contributed by atoms with Crippen LogP contribution in [0.3, 0.4) is 0 Å². The predicted octanol–water partition coefficient (Wildman–Crippen LogP) is 6.90. The van der Waals surface area contributed by atoms with Gasteiger partial charge in [-0.15, -0.1) is 0 Å². The minimum Gasteiger partial charge on any atom is -0.453 e. The number of cyclic esters (lactones) is 1. The summed E-state index contributed by atoms with van der Waals surface area (Å²) in [5.74, 6) is -0.507. The van der Waals surface area contributed by atoms with Gasteiger partial charge in [0.05, 0.1) is 6.61 Å². The first-order chi connectivity index (χ1) is 16.0. The lowest BCUT2D eigenvalue weighted by Crippen LogP contribution is -2.41. The summed E-state index contributed by atoms with van der Waals surface area (Å²) in [6, 6.07) is 0. The maximum atomic E-state index is 12.5. The first-order valence-corrected chi connectivity index (χ1v) is 13.8. The third kappa shape index (κ3) is 14.5. The van der Waals surface area contributed by atoms with Gasteiger partial charge in [-0.3, -0.25) is 4.79 Å². The number of esters is 1. The highest BCUT2D eigenvalue weighted by Crippen LogP contribution is 2.31. The first kappa shape index (κ1) is 29.7. The summed E-state index contributed by atoms with van der Waals surface area (Å²) in [5.41, 5.74) is 5.17. The molecule has 0 aliphatic carbocycles. The van der Waals surface area contributed by atoms with Crippen LogP contribution in [0.15, 0.2) is 11.6 Å². The van der Waals surface area contributed by atoms with Gasteiger partial charge in [-0.1, -0.05) is 103 Å². The Morgan fingerprint density at radius 2 is 1.39 bits per heavy atom. The number of hydrogen-bond donors (Lipinski definition) is 2. The zero-order valence-electron chi connectivity index (χ0n) is 21.4. The van der Waals surface area contributed by atoms with Gasteiger partial charge < -0.3 is 15.6 Å². The summed E-state index contributed by atoms with van der Waals surface area (Å²) >= 11 is 0. The van der Waals surface area contributed by atoms with Crippen LogP contribution in [0.2, 0.25) is 0 Å². The van der Waals surface area contributed by atoms with E-state index in [1.807, 2.05) is 6.08 Å². The summed E-state index contributed by atoms with van der Waals surface area (Å²) in [7, 11) is 0. The van der Waals surface area contributed by atoms with Crippen LogP contribution in [0.4, 0.5) is 0 Å². The molecule has 1 heterocycles. The molecule has 5 nitrogen and oxygen atoms in total. The molecule has 1 unspecified atom stereocenters. The largest absolute Gasteiger partial charge is 0.453 e. The molecule has 0 radical (unpaired) electrons. The van der Waals surface area contributed by atoms with Gasteiger partial charge in [0.15, 0.2) is 0 Å². The second-order valence-electron chi connectivity index (χ2n) is 10.0. The van der Waals surface area contributed by atoms with Gasteiger partial charge in [0.1, 0.15) is 5.60 Å². The van der Waals surface area contributed by atoms with Crippen LogP contribution in [-0.2, 0) is 14.3 Å². The normalized spacial score (nSPS) is 18.2. The molecule has 1 atom stereocenters. The fraction of sp³-hybridized carbons (Fsp3) is 0.857. The molecule has 1 aliphatic heterocycles. The molecule has 0 aromatic carbocycles. The minimum absolute atomic E-state index is 0.136. The number of rotatable bonds is 22. The average molecular weight is 466 g/mol. The van der Waals surface area contributed by atoms with Crippen molar-refractivity contribution in [1.82, 2.24) is 0 Å². The Morgan fingerprint density at radius 1 is 0.879 bits per heavy atom. The van der Waals surface area contributed by atoms with Crippen molar-refractivity contribution in [3.05, 3.63) is 11.6 Å². The van der Waals surface area contributed by atoms with Crippen LogP contribution < -0.4 is 5.73 Å². The monoisotopic (exact) mass is 465 g/mol. The zero-order chi connectivity index (χ0) is 24.2. The van der Waals surface area contributed by atoms with Crippen molar-refractivity contribution in [2.24, 2.45) is 5.73 Å². The number of aliphatic hydroxyl groups is 1. The molecule has 0 aromatic rings. The van der Waals surface area contributed by atoms with E-state index in [4.69, 9.17) is 10.5 Å². The summed E-state index contributed by atoms with van der Waals surface area (Å²) in [6.07, 6.45) is 25.1. The molecule has 1 aliphatic rings. The van der Waals surface area contributed by atoms with Gasteiger partial charge in [-0.05, 0) is 32.1 Å². The molecule has 1 rings (SSSR count). The lowest BCUT2D eigenvalue weighted by atomic mass is 9.88. The van der Waals surface area contributed by atoms with E-state index in [2.05, 4.69) is 6.92 Å². The Hall–Kier alpha value is -1.36. The van der Waals surface area contributed by atoms with E-state index in [1.54, 1.807) is 0 Å². The molecule has 0 saturated carbocycles. The molecule has 0 fully saturated rings. The molecule has 0 aromatic heterocycles. The number of amides is 1. The van der Waals surface area contributed by atoms with E-state index in [0.29, 0.717) is 19.3 Å². The smallest absolute Gasteiger partial charge is 0.334 e.